The van der Waals surface area contributed by atoms with Crippen molar-refractivity contribution in [1.82, 2.24) is 0 Å². The first-order valence-corrected chi connectivity index (χ1v) is 9.06. The molecule has 16 heavy (non-hydrogen) atoms. The van der Waals surface area contributed by atoms with Gasteiger partial charge in [0.25, 0.3) is 0 Å². The molecule has 0 amide bonds. The first kappa shape index (κ1) is 16.2. The maximum absolute atomic E-state index is 5.98. The third-order valence-corrected chi connectivity index (χ3v) is 9.47. The predicted molar refractivity (Wildman–Crippen MR) is 66.2 cm³/mol. The maximum Gasteiger partial charge on any atom is 0.498 e. The van der Waals surface area contributed by atoms with Gasteiger partial charge in [-0.05, 0) is 0 Å². The fraction of sp³-hybridized carbons (Fsp3) is 1.00. The van der Waals surface area contributed by atoms with E-state index in [4.69, 9.17) is 21.8 Å². The molecule has 0 bridgehead atoms. The molecule has 0 atom stereocenters. The van der Waals surface area contributed by atoms with Crippen molar-refractivity contribution in [2.75, 3.05) is 28.4 Å². The molecule has 0 spiro atoms. The van der Waals surface area contributed by atoms with Gasteiger partial charge >= 0.3 is 17.6 Å². The summed E-state index contributed by atoms with van der Waals surface area (Å²) in [5.74, 6) is 0. The summed E-state index contributed by atoms with van der Waals surface area (Å²) in [4.78, 5) is 0. The van der Waals surface area contributed by atoms with Gasteiger partial charge in [-0.1, -0.05) is 20.8 Å². The van der Waals surface area contributed by atoms with Crippen molar-refractivity contribution in [3.05, 3.63) is 0 Å². The van der Waals surface area contributed by atoms with E-state index in [1.54, 1.807) is 28.4 Å². The summed E-state index contributed by atoms with van der Waals surface area (Å²) >= 11 is 0. The summed E-state index contributed by atoms with van der Waals surface area (Å²) in [6, 6.07) is 0. The highest BCUT2D eigenvalue weighted by atomic mass is 28.5. The summed E-state index contributed by atoms with van der Waals surface area (Å²) in [5.41, 5.74) is 0. The Hall–Kier alpha value is 0.234. The second-order valence-electron chi connectivity index (χ2n) is 4.59. The molecule has 0 rings (SSSR count). The van der Waals surface area contributed by atoms with Crippen molar-refractivity contribution in [3.63, 3.8) is 0 Å². The van der Waals surface area contributed by atoms with Crippen LogP contribution in [0.25, 0.3) is 0 Å². The molecule has 0 aromatic carbocycles. The van der Waals surface area contributed by atoms with E-state index in [1.807, 2.05) is 27.3 Å². The van der Waals surface area contributed by atoms with Crippen LogP contribution in [0.15, 0.2) is 0 Å². The average molecular weight is 268 g/mol. The van der Waals surface area contributed by atoms with Crippen molar-refractivity contribution in [2.45, 2.75) is 32.4 Å². The van der Waals surface area contributed by atoms with Crippen LogP contribution < -0.4 is 0 Å². The Morgan fingerprint density at radius 2 is 1.12 bits per heavy atom. The zero-order chi connectivity index (χ0) is 13.0. The van der Waals surface area contributed by atoms with Crippen LogP contribution >= 0.6 is 0 Å². The van der Waals surface area contributed by atoms with Gasteiger partial charge in [0, 0.05) is 40.0 Å². The highest BCUT2D eigenvalue weighted by Gasteiger charge is 2.57. The summed E-state index contributed by atoms with van der Waals surface area (Å²) in [7, 11) is 0.858. The Labute approximate surface area is 101 Å². The molecule has 98 valence electrons. The van der Waals surface area contributed by atoms with Gasteiger partial charge in [-0.25, -0.2) is 0 Å². The van der Waals surface area contributed by atoms with Gasteiger partial charge < -0.3 is 21.8 Å². The van der Waals surface area contributed by atoms with Crippen molar-refractivity contribution in [1.29, 1.82) is 0 Å². The second kappa shape index (κ2) is 5.72. The Balaban J connectivity index is 5.09. The van der Waals surface area contributed by atoms with Gasteiger partial charge in [0.05, 0.1) is 0 Å². The predicted octanol–water partition coefficient (Wildman–Crippen LogP) is 1.90. The van der Waals surface area contributed by atoms with E-state index in [1.165, 1.54) is 0 Å². The van der Waals surface area contributed by atoms with Crippen molar-refractivity contribution >= 4 is 17.6 Å². The van der Waals surface area contributed by atoms with E-state index in [-0.39, 0.29) is 5.04 Å². The standard InChI is InChI=1S/C9H24O5Si2/c1-9(2,3)16(12-6,13-7)14-15(8,10-4)11-5/h1-8H3. The van der Waals surface area contributed by atoms with Crippen LogP contribution in [0.1, 0.15) is 20.8 Å². The van der Waals surface area contributed by atoms with Crippen LogP contribution in [0.4, 0.5) is 0 Å². The van der Waals surface area contributed by atoms with Crippen molar-refractivity contribution < 1.29 is 21.8 Å². The highest BCUT2D eigenvalue weighted by Crippen LogP contribution is 2.39. The van der Waals surface area contributed by atoms with Crippen molar-refractivity contribution in [2.24, 2.45) is 0 Å². The van der Waals surface area contributed by atoms with Gasteiger partial charge in [-0.15, -0.1) is 0 Å². The quantitative estimate of drug-likeness (QED) is 0.689. The summed E-state index contributed by atoms with van der Waals surface area (Å²) in [6.07, 6.45) is 0. The van der Waals surface area contributed by atoms with Crippen LogP contribution in [0.3, 0.4) is 0 Å². The molecule has 0 N–H and O–H groups in total. The Bertz CT molecular complexity index is 208. The van der Waals surface area contributed by atoms with E-state index >= 15 is 0 Å². The van der Waals surface area contributed by atoms with Crippen LogP contribution in [0.2, 0.25) is 11.6 Å². The molecule has 0 aliphatic carbocycles. The first-order valence-electron chi connectivity index (χ1n) is 5.11. The van der Waals surface area contributed by atoms with Crippen LogP contribution in [-0.4, -0.2) is 46.0 Å². The minimum absolute atomic E-state index is 0.234. The Kier molecular flexibility index (Phi) is 5.80. The molecule has 0 aliphatic heterocycles. The molecule has 5 nitrogen and oxygen atoms in total. The van der Waals surface area contributed by atoms with Gasteiger partial charge in [-0.2, -0.15) is 0 Å². The fourth-order valence-electron chi connectivity index (χ4n) is 1.34. The molecular weight excluding hydrogens is 244 g/mol. The van der Waals surface area contributed by atoms with E-state index in [0.29, 0.717) is 0 Å². The zero-order valence-corrected chi connectivity index (χ0v) is 13.5. The minimum Gasteiger partial charge on any atom is -0.377 e. The lowest BCUT2D eigenvalue weighted by Gasteiger charge is -2.41. The largest absolute Gasteiger partial charge is 0.498 e. The molecule has 0 saturated heterocycles. The molecule has 0 aromatic heterocycles. The van der Waals surface area contributed by atoms with E-state index in [0.717, 1.165) is 0 Å². The number of hydrogen-bond acceptors (Lipinski definition) is 5. The molecule has 0 radical (unpaired) electrons. The Morgan fingerprint density at radius 1 is 0.750 bits per heavy atom. The smallest absolute Gasteiger partial charge is 0.377 e. The van der Waals surface area contributed by atoms with Crippen LogP contribution in [0.5, 0.6) is 0 Å². The molecule has 7 heteroatoms. The van der Waals surface area contributed by atoms with E-state index < -0.39 is 17.6 Å². The molecule has 0 fully saturated rings. The molecular formula is C9H24O5Si2. The van der Waals surface area contributed by atoms with Crippen LogP contribution in [-0.2, 0) is 21.8 Å². The van der Waals surface area contributed by atoms with Crippen molar-refractivity contribution in [3.8, 4) is 0 Å². The SMILES string of the molecule is CO[Si](C)(OC)O[Si](OC)(OC)C(C)(C)C. The third-order valence-electron chi connectivity index (χ3n) is 2.52. The highest BCUT2D eigenvalue weighted by molar-refractivity contribution is 6.75. The lowest BCUT2D eigenvalue weighted by molar-refractivity contribution is 0.0755. The molecule has 0 saturated carbocycles. The monoisotopic (exact) mass is 268 g/mol. The second-order valence-corrected chi connectivity index (χ2v) is 11.4. The number of rotatable bonds is 6. The first-order chi connectivity index (χ1) is 7.20. The van der Waals surface area contributed by atoms with Gasteiger partial charge in [0.2, 0.25) is 0 Å². The maximum atomic E-state index is 5.98. The normalized spacial score (nSPS) is 14.2. The topological polar surface area (TPSA) is 46.2 Å². The summed E-state index contributed by atoms with van der Waals surface area (Å²) in [5, 5.41) is -0.234. The van der Waals surface area contributed by atoms with Gasteiger partial charge in [0.15, 0.2) is 0 Å². The fourth-order valence-corrected chi connectivity index (χ4v) is 7.41. The third kappa shape index (κ3) is 3.36. The summed E-state index contributed by atoms with van der Waals surface area (Å²) in [6.45, 7) is 7.88. The lowest BCUT2D eigenvalue weighted by Crippen LogP contribution is -2.60. The molecule has 0 aliphatic rings. The van der Waals surface area contributed by atoms with Crippen LogP contribution in [0, 0.1) is 0 Å². The average Bonchev–Trinajstić information content (AvgIpc) is 2.24. The van der Waals surface area contributed by atoms with Gasteiger partial charge in [-0.3, -0.25) is 0 Å². The molecule has 0 aromatic rings. The molecule has 0 heterocycles. The lowest BCUT2D eigenvalue weighted by atomic mass is 10.3. The zero-order valence-electron chi connectivity index (χ0n) is 11.5. The van der Waals surface area contributed by atoms with E-state index in [2.05, 4.69) is 0 Å². The Morgan fingerprint density at radius 3 is 1.31 bits per heavy atom. The summed E-state index contributed by atoms with van der Waals surface area (Å²) < 4.78 is 27.6. The molecule has 0 unspecified atom stereocenters. The van der Waals surface area contributed by atoms with Gasteiger partial charge in [0.1, 0.15) is 0 Å². The minimum atomic E-state index is -2.81. The van der Waals surface area contributed by atoms with E-state index in [9.17, 15) is 0 Å². The number of hydrogen-bond donors (Lipinski definition) is 0.